The van der Waals surface area contributed by atoms with Crippen molar-refractivity contribution in [3.63, 3.8) is 0 Å². The Kier molecular flexibility index (Phi) is 2.48. The van der Waals surface area contributed by atoms with Crippen LogP contribution in [0.15, 0.2) is 18.2 Å². The number of benzene rings is 1. The Morgan fingerprint density at radius 1 is 1.33 bits per heavy atom. The van der Waals surface area contributed by atoms with Crippen LogP contribution >= 0.6 is 11.3 Å². The predicted molar refractivity (Wildman–Crippen MR) is 74.1 cm³/mol. The van der Waals surface area contributed by atoms with E-state index >= 15 is 0 Å². The highest BCUT2D eigenvalue weighted by Gasteiger charge is 2.24. The molecule has 0 saturated heterocycles. The van der Waals surface area contributed by atoms with Crippen molar-refractivity contribution < 1.29 is 4.79 Å². The van der Waals surface area contributed by atoms with Crippen LogP contribution in [0.2, 0.25) is 0 Å². The molecule has 1 aromatic carbocycles. The van der Waals surface area contributed by atoms with Crippen LogP contribution in [0.3, 0.4) is 0 Å². The van der Waals surface area contributed by atoms with E-state index in [0.29, 0.717) is 6.42 Å². The lowest BCUT2D eigenvalue weighted by molar-refractivity contribution is -0.117. The molecule has 2 aromatic rings. The Morgan fingerprint density at radius 2 is 2.11 bits per heavy atom. The molecule has 0 atom stereocenters. The van der Waals surface area contributed by atoms with E-state index in [-0.39, 0.29) is 5.91 Å². The Hall–Kier alpha value is -1.68. The summed E-state index contributed by atoms with van der Waals surface area (Å²) in [6.45, 7) is 4.11. The normalized spacial score (nSPS) is 14.2. The number of rotatable bonds is 1. The fourth-order valence-corrected chi connectivity index (χ4v) is 3.11. The van der Waals surface area contributed by atoms with Gasteiger partial charge in [-0.15, -0.1) is 11.3 Å². The van der Waals surface area contributed by atoms with Gasteiger partial charge in [0.1, 0.15) is 5.01 Å². The van der Waals surface area contributed by atoms with Crippen molar-refractivity contribution in [1.82, 2.24) is 4.98 Å². The summed E-state index contributed by atoms with van der Waals surface area (Å²) in [6, 6.07) is 6.15. The Morgan fingerprint density at radius 3 is 2.78 bits per heavy atom. The molecule has 0 bridgehead atoms. The minimum absolute atomic E-state index is 0.161. The predicted octanol–water partition coefficient (Wildman–Crippen LogP) is 2.95. The van der Waals surface area contributed by atoms with Crippen molar-refractivity contribution in [2.24, 2.45) is 0 Å². The molecule has 0 spiro atoms. The van der Waals surface area contributed by atoms with Crippen molar-refractivity contribution in [3.8, 4) is 10.6 Å². The SMILES string of the molecule is Cc1nc(-c2ccc3c(c2)CC(=O)N3C)sc1C. The number of aromatic nitrogens is 1. The first-order valence-electron chi connectivity index (χ1n) is 5.90. The van der Waals surface area contributed by atoms with E-state index in [4.69, 9.17) is 0 Å². The standard InChI is InChI=1S/C14H14N2OS/c1-8-9(2)18-14(15-8)10-4-5-12-11(6-10)7-13(17)16(12)3/h4-6H,7H2,1-3H3. The van der Waals surface area contributed by atoms with Crippen molar-refractivity contribution in [1.29, 1.82) is 0 Å². The molecule has 1 amide bonds. The van der Waals surface area contributed by atoms with Crippen LogP contribution in [0.25, 0.3) is 10.6 Å². The second-order valence-electron chi connectivity index (χ2n) is 4.63. The molecule has 0 unspecified atom stereocenters. The summed E-state index contributed by atoms with van der Waals surface area (Å²) in [7, 11) is 1.82. The summed E-state index contributed by atoms with van der Waals surface area (Å²) >= 11 is 1.70. The number of carbonyl (C=O) groups is 1. The van der Waals surface area contributed by atoms with Crippen LogP contribution in [-0.4, -0.2) is 17.9 Å². The first-order chi connectivity index (χ1) is 8.56. The van der Waals surface area contributed by atoms with Gasteiger partial charge in [-0.2, -0.15) is 0 Å². The summed E-state index contributed by atoms with van der Waals surface area (Å²) in [5.74, 6) is 0.161. The van der Waals surface area contributed by atoms with Crippen LogP contribution in [-0.2, 0) is 11.2 Å². The summed E-state index contributed by atoms with van der Waals surface area (Å²) in [6.07, 6.45) is 0.503. The lowest BCUT2D eigenvalue weighted by atomic mass is 10.1. The van der Waals surface area contributed by atoms with Crippen LogP contribution in [0, 0.1) is 13.8 Å². The zero-order valence-electron chi connectivity index (χ0n) is 10.7. The number of likely N-dealkylation sites (N-methyl/N-ethyl adjacent to an activating group) is 1. The van der Waals surface area contributed by atoms with Crippen molar-refractivity contribution in [2.45, 2.75) is 20.3 Å². The number of amides is 1. The maximum Gasteiger partial charge on any atom is 0.231 e. The molecule has 1 aliphatic heterocycles. The van der Waals surface area contributed by atoms with Gasteiger partial charge >= 0.3 is 0 Å². The van der Waals surface area contributed by atoms with Gasteiger partial charge < -0.3 is 4.90 Å². The van der Waals surface area contributed by atoms with Gasteiger partial charge in [-0.05, 0) is 37.6 Å². The van der Waals surface area contributed by atoms with Crippen molar-refractivity contribution >= 4 is 22.9 Å². The number of anilines is 1. The number of carbonyl (C=O) groups excluding carboxylic acids is 1. The molecule has 0 fully saturated rings. The van der Waals surface area contributed by atoms with E-state index in [1.54, 1.807) is 16.2 Å². The number of hydrogen-bond donors (Lipinski definition) is 0. The monoisotopic (exact) mass is 258 g/mol. The summed E-state index contributed by atoms with van der Waals surface area (Å²) < 4.78 is 0. The average Bonchev–Trinajstić information content (AvgIpc) is 2.81. The molecule has 18 heavy (non-hydrogen) atoms. The zero-order valence-corrected chi connectivity index (χ0v) is 11.5. The zero-order chi connectivity index (χ0) is 12.9. The molecular weight excluding hydrogens is 244 g/mol. The lowest BCUT2D eigenvalue weighted by Crippen LogP contribution is -2.20. The first kappa shape index (κ1) is 11.4. The molecular formula is C14H14N2OS. The number of fused-ring (bicyclic) bond motifs is 1. The quantitative estimate of drug-likeness (QED) is 0.788. The highest BCUT2D eigenvalue weighted by molar-refractivity contribution is 7.15. The van der Waals surface area contributed by atoms with E-state index in [1.165, 1.54) is 4.88 Å². The van der Waals surface area contributed by atoms with Crippen molar-refractivity contribution in [3.05, 3.63) is 34.3 Å². The highest BCUT2D eigenvalue weighted by Crippen LogP contribution is 2.34. The largest absolute Gasteiger partial charge is 0.315 e. The average molecular weight is 258 g/mol. The van der Waals surface area contributed by atoms with Crippen LogP contribution in [0.5, 0.6) is 0 Å². The van der Waals surface area contributed by atoms with Crippen molar-refractivity contribution in [2.75, 3.05) is 11.9 Å². The van der Waals surface area contributed by atoms with Crippen LogP contribution in [0.4, 0.5) is 5.69 Å². The summed E-state index contributed by atoms with van der Waals surface area (Å²) in [4.78, 5) is 19.2. The number of hydrogen-bond acceptors (Lipinski definition) is 3. The van der Waals surface area contributed by atoms with Gasteiger partial charge in [0, 0.05) is 23.2 Å². The lowest BCUT2D eigenvalue weighted by Gasteiger charge is -2.09. The van der Waals surface area contributed by atoms with Gasteiger partial charge in [0.2, 0.25) is 5.91 Å². The summed E-state index contributed by atoms with van der Waals surface area (Å²) in [5.41, 5.74) is 4.32. The van der Waals surface area contributed by atoms with E-state index in [0.717, 1.165) is 27.5 Å². The van der Waals surface area contributed by atoms with Gasteiger partial charge in [0.05, 0.1) is 12.1 Å². The molecule has 3 rings (SSSR count). The molecule has 4 heteroatoms. The third-order valence-corrected chi connectivity index (χ3v) is 4.55. The molecule has 0 N–H and O–H groups in total. The highest BCUT2D eigenvalue weighted by atomic mass is 32.1. The van der Waals surface area contributed by atoms with E-state index in [2.05, 4.69) is 18.0 Å². The second kappa shape index (κ2) is 3.92. The first-order valence-corrected chi connectivity index (χ1v) is 6.72. The maximum atomic E-state index is 11.6. The second-order valence-corrected chi connectivity index (χ2v) is 5.84. The van der Waals surface area contributed by atoms with Gasteiger partial charge in [-0.1, -0.05) is 0 Å². The molecule has 0 radical (unpaired) electrons. The minimum atomic E-state index is 0.161. The van der Waals surface area contributed by atoms with Gasteiger partial charge in [-0.25, -0.2) is 4.98 Å². The molecule has 0 aliphatic carbocycles. The smallest absolute Gasteiger partial charge is 0.231 e. The van der Waals surface area contributed by atoms with Gasteiger partial charge in [0.15, 0.2) is 0 Å². The molecule has 3 nitrogen and oxygen atoms in total. The molecule has 92 valence electrons. The topological polar surface area (TPSA) is 33.2 Å². The molecule has 1 aliphatic rings. The van der Waals surface area contributed by atoms with Crippen LogP contribution < -0.4 is 4.90 Å². The molecule has 0 saturated carbocycles. The maximum absolute atomic E-state index is 11.6. The van der Waals surface area contributed by atoms with Gasteiger partial charge in [0.25, 0.3) is 0 Å². The Balaban J connectivity index is 2.06. The summed E-state index contributed by atoms with van der Waals surface area (Å²) in [5, 5.41) is 1.04. The third-order valence-electron chi connectivity index (χ3n) is 3.43. The third kappa shape index (κ3) is 1.64. The van der Waals surface area contributed by atoms with E-state index in [9.17, 15) is 4.79 Å². The fraction of sp³-hybridized carbons (Fsp3) is 0.286. The number of aryl methyl sites for hydroxylation is 2. The van der Waals surface area contributed by atoms with Gasteiger partial charge in [-0.3, -0.25) is 4.79 Å². The molecule has 2 heterocycles. The number of nitrogens with zero attached hydrogens (tertiary/aromatic N) is 2. The Bertz CT molecular complexity index is 626. The fourth-order valence-electron chi connectivity index (χ4n) is 2.20. The number of thiazole rings is 1. The van der Waals surface area contributed by atoms with E-state index in [1.807, 2.05) is 26.1 Å². The van der Waals surface area contributed by atoms with E-state index < -0.39 is 0 Å². The minimum Gasteiger partial charge on any atom is -0.315 e. The van der Waals surface area contributed by atoms with Crippen LogP contribution in [0.1, 0.15) is 16.1 Å². The molecule has 1 aromatic heterocycles. The Labute approximate surface area is 110 Å².